The molecule has 0 spiro atoms. The fourth-order valence-electron chi connectivity index (χ4n) is 3.39. The molecular formula is C22H27N3O3S2. The minimum atomic E-state index is -3.63. The highest BCUT2D eigenvalue weighted by Crippen LogP contribution is 2.35. The number of hydrogen-bond acceptors (Lipinski definition) is 5. The summed E-state index contributed by atoms with van der Waals surface area (Å²) in [6.07, 6.45) is 0.831. The van der Waals surface area contributed by atoms with Gasteiger partial charge in [0.05, 0.1) is 5.69 Å². The molecule has 2 heterocycles. The summed E-state index contributed by atoms with van der Waals surface area (Å²) in [5, 5.41) is 0. The lowest BCUT2D eigenvalue weighted by molar-refractivity contribution is 0.111. The monoisotopic (exact) mass is 445 g/mol. The molecule has 0 aliphatic heterocycles. The Kier molecular flexibility index (Phi) is 6.04. The Morgan fingerprint density at radius 3 is 2.33 bits per heavy atom. The normalized spacial score (nSPS) is 12.3. The van der Waals surface area contributed by atoms with Gasteiger partial charge in [0.1, 0.15) is 15.7 Å². The van der Waals surface area contributed by atoms with Crippen molar-refractivity contribution in [2.45, 2.75) is 57.8 Å². The molecule has 0 fully saturated rings. The number of carbonyl (C=O) groups excluding carboxylic acids is 1. The van der Waals surface area contributed by atoms with Crippen LogP contribution in [-0.4, -0.2) is 29.8 Å². The molecular weight excluding hydrogens is 418 g/mol. The third-order valence-electron chi connectivity index (χ3n) is 4.60. The standard InChI is InChI=1S/C22H27N3O3S2/c1-14-11-19(21(29-14)30(27,28)24-22(4,5)6)18-9-7-17(8-10-18)12-25-16(3)23-15(2)20(25)13-26/h7-11,13,24H,12H2,1-6H3. The Labute approximate surface area is 182 Å². The van der Waals surface area contributed by atoms with Crippen LogP contribution in [0.3, 0.4) is 0 Å². The van der Waals surface area contributed by atoms with Crippen LogP contribution in [0.1, 0.15) is 53.2 Å². The highest BCUT2D eigenvalue weighted by Gasteiger charge is 2.27. The Balaban J connectivity index is 1.94. The first-order chi connectivity index (χ1) is 13.9. The van der Waals surface area contributed by atoms with Gasteiger partial charge in [0, 0.05) is 22.5 Å². The summed E-state index contributed by atoms with van der Waals surface area (Å²) in [6, 6.07) is 9.67. The summed E-state index contributed by atoms with van der Waals surface area (Å²) in [4.78, 5) is 16.7. The van der Waals surface area contributed by atoms with E-state index in [9.17, 15) is 13.2 Å². The van der Waals surface area contributed by atoms with Crippen LogP contribution < -0.4 is 4.72 Å². The van der Waals surface area contributed by atoms with Gasteiger partial charge in [-0.15, -0.1) is 11.3 Å². The highest BCUT2D eigenvalue weighted by atomic mass is 32.2. The Bertz CT molecular complexity index is 1180. The van der Waals surface area contributed by atoms with Gasteiger partial charge in [-0.3, -0.25) is 4.79 Å². The molecule has 3 rings (SSSR count). The van der Waals surface area contributed by atoms with Crippen molar-refractivity contribution in [1.29, 1.82) is 0 Å². The van der Waals surface area contributed by atoms with Gasteiger partial charge in [0.2, 0.25) is 0 Å². The summed E-state index contributed by atoms with van der Waals surface area (Å²) in [6.45, 7) is 11.6. The minimum absolute atomic E-state index is 0.326. The Morgan fingerprint density at radius 1 is 1.13 bits per heavy atom. The maximum absolute atomic E-state index is 12.9. The van der Waals surface area contributed by atoms with E-state index in [1.165, 1.54) is 11.3 Å². The summed E-state index contributed by atoms with van der Waals surface area (Å²) < 4.78 is 30.8. The van der Waals surface area contributed by atoms with E-state index in [2.05, 4.69) is 9.71 Å². The lowest BCUT2D eigenvalue weighted by Gasteiger charge is -2.20. The predicted octanol–water partition coefficient (Wildman–Crippen LogP) is 4.47. The second-order valence-corrected chi connectivity index (χ2v) is 11.6. The third kappa shape index (κ3) is 4.71. The van der Waals surface area contributed by atoms with Gasteiger partial charge in [-0.2, -0.15) is 0 Å². The molecule has 0 atom stereocenters. The number of aryl methyl sites for hydroxylation is 3. The Morgan fingerprint density at radius 2 is 1.77 bits per heavy atom. The van der Waals surface area contributed by atoms with Crippen molar-refractivity contribution < 1.29 is 13.2 Å². The average Bonchev–Trinajstić information content (AvgIpc) is 3.14. The van der Waals surface area contributed by atoms with Crippen molar-refractivity contribution >= 4 is 27.6 Å². The lowest BCUT2D eigenvalue weighted by Crippen LogP contribution is -2.40. The maximum Gasteiger partial charge on any atom is 0.251 e. The molecule has 0 amide bonds. The minimum Gasteiger partial charge on any atom is -0.321 e. The summed E-state index contributed by atoms with van der Waals surface area (Å²) in [7, 11) is -3.63. The van der Waals surface area contributed by atoms with Crippen LogP contribution in [0.5, 0.6) is 0 Å². The number of benzene rings is 1. The largest absolute Gasteiger partial charge is 0.321 e. The van der Waals surface area contributed by atoms with Crippen LogP contribution in [0.25, 0.3) is 11.1 Å². The van der Waals surface area contributed by atoms with Crippen molar-refractivity contribution in [2.24, 2.45) is 0 Å². The van der Waals surface area contributed by atoms with Gasteiger partial charge in [0.25, 0.3) is 10.0 Å². The molecule has 8 heteroatoms. The first kappa shape index (κ1) is 22.4. The smallest absolute Gasteiger partial charge is 0.251 e. The predicted molar refractivity (Wildman–Crippen MR) is 121 cm³/mol. The molecule has 1 N–H and O–H groups in total. The molecule has 0 radical (unpaired) electrons. The van der Waals surface area contributed by atoms with Crippen LogP contribution >= 0.6 is 11.3 Å². The number of imidazole rings is 1. The molecule has 0 unspecified atom stereocenters. The number of nitrogens with zero attached hydrogens (tertiary/aromatic N) is 2. The van der Waals surface area contributed by atoms with Crippen LogP contribution in [0.15, 0.2) is 34.5 Å². The molecule has 160 valence electrons. The van der Waals surface area contributed by atoms with Crippen molar-refractivity contribution in [3.05, 3.63) is 58.0 Å². The quantitative estimate of drug-likeness (QED) is 0.568. The summed E-state index contributed by atoms with van der Waals surface area (Å²) >= 11 is 1.27. The molecule has 0 saturated heterocycles. The molecule has 6 nitrogen and oxygen atoms in total. The second-order valence-electron chi connectivity index (χ2n) is 8.44. The van der Waals surface area contributed by atoms with Gasteiger partial charge in [-0.05, 0) is 58.7 Å². The first-order valence-electron chi connectivity index (χ1n) is 9.64. The Hall–Kier alpha value is -2.29. The zero-order valence-corrected chi connectivity index (χ0v) is 19.7. The topological polar surface area (TPSA) is 81.1 Å². The number of aromatic nitrogens is 2. The average molecular weight is 446 g/mol. The zero-order chi connectivity index (χ0) is 22.3. The van der Waals surface area contributed by atoms with Crippen LogP contribution in [-0.2, 0) is 16.6 Å². The van der Waals surface area contributed by atoms with Gasteiger partial charge < -0.3 is 4.57 Å². The van der Waals surface area contributed by atoms with E-state index < -0.39 is 15.6 Å². The fraction of sp³-hybridized carbons (Fsp3) is 0.364. The van der Waals surface area contributed by atoms with Crippen LogP contribution in [0.2, 0.25) is 0 Å². The van der Waals surface area contributed by atoms with Crippen LogP contribution in [0.4, 0.5) is 0 Å². The van der Waals surface area contributed by atoms with E-state index in [0.717, 1.165) is 28.1 Å². The van der Waals surface area contributed by atoms with Gasteiger partial charge >= 0.3 is 0 Å². The fourth-order valence-corrected chi connectivity index (χ4v) is 6.47. The number of rotatable bonds is 6. The summed E-state index contributed by atoms with van der Waals surface area (Å²) in [5.74, 6) is 0.786. The number of aldehydes is 1. The molecule has 1 aromatic carbocycles. The van der Waals surface area contributed by atoms with Crippen molar-refractivity contribution in [1.82, 2.24) is 14.3 Å². The van der Waals surface area contributed by atoms with Gasteiger partial charge in [0.15, 0.2) is 6.29 Å². The number of thiophene rings is 1. The number of carbonyl (C=O) groups is 1. The van der Waals surface area contributed by atoms with Gasteiger partial charge in [-0.25, -0.2) is 18.1 Å². The number of hydrogen-bond donors (Lipinski definition) is 1. The van der Waals surface area contributed by atoms with Crippen molar-refractivity contribution in [3.8, 4) is 11.1 Å². The molecule has 2 aromatic heterocycles. The van der Waals surface area contributed by atoms with E-state index in [1.54, 1.807) is 0 Å². The second kappa shape index (κ2) is 8.09. The van der Waals surface area contributed by atoms with E-state index >= 15 is 0 Å². The zero-order valence-electron chi connectivity index (χ0n) is 18.1. The summed E-state index contributed by atoms with van der Waals surface area (Å²) in [5.41, 5.74) is 3.28. The van der Waals surface area contributed by atoms with Crippen molar-refractivity contribution in [3.63, 3.8) is 0 Å². The van der Waals surface area contributed by atoms with E-state index in [-0.39, 0.29) is 0 Å². The molecule has 0 saturated carbocycles. The lowest BCUT2D eigenvalue weighted by atomic mass is 10.1. The SMILES string of the molecule is Cc1cc(-c2ccc(Cn3c(C)nc(C)c3C=O)cc2)c(S(=O)(=O)NC(C)(C)C)s1. The van der Waals surface area contributed by atoms with Crippen LogP contribution in [0, 0.1) is 20.8 Å². The van der Waals surface area contributed by atoms with Crippen molar-refractivity contribution in [2.75, 3.05) is 0 Å². The molecule has 3 aromatic rings. The molecule has 30 heavy (non-hydrogen) atoms. The number of nitrogens with one attached hydrogen (secondary N) is 1. The maximum atomic E-state index is 12.9. The third-order valence-corrected chi connectivity index (χ3v) is 7.95. The first-order valence-corrected chi connectivity index (χ1v) is 11.9. The van der Waals surface area contributed by atoms with E-state index in [0.29, 0.717) is 27.7 Å². The highest BCUT2D eigenvalue weighted by molar-refractivity contribution is 7.91. The molecule has 0 bridgehead atoms. The molecule has 0 aliphatic rings. The van der Waals surface area contributed by atoms with E-state index in [1.807, 2.05) is 76.4 Å². The van der Waals surface area contributed by atoms with Gasteiger partial charge in [-0.1, -0.05) is 24.3 Å². The van der Waals surface area contributed by atoms with E-state index in [4.69, 9.17) is 0 Å². The number of sulfonamides is 1. The molecule has 0 aliphatic carbocycles.